The third kappa shape index (κ3) is 7.98. The number of halogens is 4. The van der Waals surface area contributed by atoms with Gasteiger partial charge in [0, 0.05) is 87.1 Å². The fourth-order valence-corrected chi connectivity index (χ4v) is 8.39. The van der Waals surface area contributed by atoms with Crippen molar-refractivity contribution in [2.75, 3.05) is 25.5 Å². The number of nitrogens with zero attached hydrogens (tertiary/aromatic N) is 5. The van der Waals surface area contributed by atoms with Crippen LogP contribution in [0.5, 0.6) is 5.88 Å². The number of pyridine rings is 2. The number of alkyl halides is 3. The standard InChI is InChI=1S/C40H42ClF3N10O3/c1-54-20-21(16-45-17-22-6-12-32(55)48-22)24-8-10-30(52-38(24)54)28-14-15-47-35(34(28)41)27-5-3-4-26-25(27)9-11-29(26)51-37-36(40(42,43)44)50-31(39(53-37)57-2)19-46-18-23-7-13-33(56)49-23/h3-5,8,10,14-15,20,22-23,29,45-46H,6-7,9,11-13,16-19H2,1-2H3,(H,48,55)(H,49,56)(H,51,53)/t22-,23+,29+/m0/s1. The minimum atomic E-state index is -4.79. The Balaban J connectivity index is 1.02. The molecule has 0 radical (unpaired) electrons. The van der Waals surface area contributed by atoms with Gasteiger partial charge < -0.3 is 35.9 Å². The molecule has 1 aliphatic carbocycles. The van der Waals surface area contributed by atoms with Crippen molar-refractivity contribution in [3.8, 4) is 28.4 Å². The summed E-state index contributed by atoms with van der Waals surface area (Å²) in [5.41, 5.74) is 5.21. The molecule has 2 amide bonds. The van der Waals surface area contributed by atoms with Gasteiger partial charge in [-0.3, -0.25) is 14.6 Å². The number of rotatable bonds is 13. The molecule has 3 aliphatic rings. The number of amides is 2. The summed E-state index contributed by atoms with van der Waals surface area (Å²) < 4.78 is 50.8. The Morgan fingerprint density at radius 1 is 0.912 bits per heavy atom. The van der Waals surface area contributed by atoms with Crippen LogP contribution in [0.4, 0.5) is 19.0 Å². The quantitative estimate of drug-likeness (QED) is 0.101. The van der Waals surface area contributed by atoms with E-state index in [-0.39, 0.29) is 42.0 Å². The number of nitrogens with one attached hydrogen (secondary N) is 5. The van der Waals surface area contributed by atoms with Gasteiger partial charge in [-0.25, -0.2) is 9.97 Å². The molecular formula is C40H42ClF3N10O3. The molecule has 0 saturated carbocycles. The van der Waals surface area contributed by atoms with E-state index in [1.54, 1.807) is 6.20 Å². The number of aromatic nitrogens is 5. The summed E-state index contributed by atoms with van der Waals surface area (Å²) in [5, 5.41) is 16.8. The highest BCUT2D eigenvalue weighted by atomic mass is 35.5. The van der Waals surface area contributed by atoms with Crippen LogP contribution < -0.4 is 31.3 Å². The van der Waals surface area contributed by atoms with Crippen molar-refractivity contribution in [1.82, 2.24) is 45.8 Å². The third-order valence-corrected chi connectivity index (χ3v) is 11.2. The zero-order valence-corrected chi connectivity index (χ0v) is 32.2. The lowest BCUT2D eigenvalue weighted by molar-refractivity contribution is -0.141. The Labute approximate surface area is 331 Å². The van der Waals surface area contributed by atoms with Crippen molar-refractivity contribution in [1.29, 1.82) is 0 Å². The second kappa shape index (κ2) is 15.9. The van der Waals surface area contributed by atoms with E-state index in [9.17, 15) is 22.8 Å². The van der Waals surface area contributed by atoms with E-state index >= 15 is 0 Å². The summed E-state index contributed by atoms with van der Waals surface area (Å²) in [6.45, 7) is 1.67. The average molecular weight is 803 g/mol. The molecule has 0 spiro atoms. The molecule has 4 aromatic heterocycles. The summed E-state index contributed by atoms with van der Waals surface area (Å²) in [6, 6.07) is 11.0. The second-order valence-electron chi connectivity index (χ2n) is 14.7. The molecule has 17 heteroatoms. The van der Waals surface area contributed by atoms with E-state index in [1.165, 1.54) is 7.11 Å². The Kier molecular flexibility index (Phi) is 10.8. The maximum absolute atomic E-state index is 14.5. The predicted octanol–water partition coefficient (Wildman–Crippen LogP) is 5.61. The molecule has 5 N–H and O–H groups in total. The first kappa shape index (κ1) is 38.5. The molecule has 298 valence electrons. The molecule has 6 heterocycles. The van der Waals surface area contributed by atoms with Gasteiger partial charge in [-0.1, -0.05) is 29.8 Å². The number of hydrogen-bond acceptors (Lipinski definition) is 10. The first-order chi connectivity index (χ1) is 27.5. The maximum Gasteiger partial charge on any atom is 0.437 e. The van der Waals surface area contributed by atoms with Gasteiger partial charge in [0.05, 0.1) is 29.6 Å². The highest BCUT2D eigenvalue weighted by molar-refractivity contribution is 6.35. The molecular weight excluding hydrogens is 761 g/mol. The van der Waals surface area contributed by atoms with Crippen molar-refractivity contribution in [2.45, 2.75) is 75.9 Å². The average Bonchev–Trinajstić information content (AvgIpc) is 3.98. The largest absolute Gasteiger partial charge is 0.480 e. The number of anilines is 1. The van der Waals surface area contributed by atoms with Gasteiger partial charge in [0.15, 0.2) is 11.5 Å². The predicted molar refractivity (Wildman–Crippen MR) is 208 cm³/mol. The van der Waals surface area contributed by atoms with E-state index < -0.39 is 23.7 Å². The molecule has 1 aromatic carbocycles. The van der Waals surface area contributed by atoms with Gasteiger partial charge in [-0.15, -0.1) is 0 Å². The molecule has 13 nitrogen and oxygen atoms in total. The SMILES string of the molecule is COc1nc(N[C@@H]2CCc3c(-c4nccc(-c5ccc6c(CNC[C@@H]7CCC(=O)N7)cn(C)c6n5)c4Cl)cccc32)c(C(F)(F)F)nc1CNC[C@H]1CCC(=O)N1. The van der Waals surface area contributed by atoms with E-state index in [2.05, 4.69) is 41.5 Å². The van der Waals surface area contributed by atoms with E-state index in [4.69, 9.17) is 21.3 Å². The van der Waals surface area contributed by atoms with Crippen LogP contribution in [-0.4, -0.2) is 68.6 Å². The summed E-state index contributed by atoms with van der Waals surface area (Å²) in [5.74, 6) is -0.404. The van der Waals surface area contributed by atoms with E-state index in [0.29, 0.717) is 73.7 Å². The number of hydrogen-bond donors (Lipinski definition) is 5. The summed E-state index contributed by atoms with van der Waals surface area (Å²) >= 11 is 7.14. The van der Waals surface area contributed by atoms with Crippen molar-refractivity contribution in [2.24, 2.45) is 7.05 Å². The minimum absolute atomic E-state index is 0.0135. The topological polar surface area (TPSA) is 160 Å². The van der Waals surface area contributed by atoms with Crippen LogP contribution in [0.1, 0.15) is 66.2 Å². The second-order valence-corrected chi connectivity index (χ2v) is 15.1. The lowest BCUT2D eigenvalue weighted by Crippen LogP contribution is -2.35. The van der Waals surface area contributed by atoms with Crippen LogP contribution in [0.3, 0.4) is 0 Å². The first-order valence-corrected chi connectivity index (χ1v) is 19.4. The number of benzene rings is 1. The number of ether oxygens (including phenoxy) is 1. The van der Waals surface area contributed by atoms with Gasteiger partial charge in [-0.05, 0) is 60.6 Å². The third-order valence-electron chi connectivity index (χ3n) is 10.9. The van der Waals surface area contributed by atoms with E-state index in [1.807, 2.05) is 54.2 Å². The Morgan fingerprint density at radius 3 is 2.33 bits per heavy atom. The lowest BCUT2D eigenvalue weighted by Gasteiger charge is -2.21. The fourth-order valence-electron chi connectivity index (χ4n) is 8.08. The van der Waals surface area contributed by atoms with Crippen molar-refractivity contribution in [3.05, 3.63) is 81.9 Å². The molecule has 2 saturated heterocycles. The van der Waals surface area contributed by atoms with Crippen molar-refractivity contribution >= 4 is 40.3 Å². The summed E-state index contributed by atoms with van der Waals surface area (Å²) in [6.07, 6.45) is 2.47. The van der Waals surface area contributed by atoms with Crippen LogP contribution >= 0.6 is 11.6 Å². The summed E-state index contributed by atoms with van der Waals surface area (Å²) in [7, 11) is 3.29. The monoisotopic (exact) mass is 802 g/mol. The minimum Gasteiger partial charge on any atom is -0.480 e. The van der Waals surface area contributed by atoms with Gasteiger partial charge in [0.25, 0.3) is 0 Å². The van der Waals surface area contributed by atoms with Crippen molar-refractivity contribution in [3.63, 3.8) is 0 Å². The number of fused-ring (bicyclic) bond motifs is 2. The molecule has 2 fully saturated rings. The smallest absolute Gasteiger partial charge is 0.437 e. The normalized spacial score (nSPS) is 19.2. The zero-order chi connectivity index (χ0) is 39.8. The Morgan fingerprint density at radius 2 is 1.65 bits per heavy atom. The summed E-state index contributed by atoms with van der Waals surface area (Å²) in [4.78, 5) is 41.0. The highest BCUT2D eigenvalue weighted by Gasteiger charge is 2.39. The van der Waals surface area contributed by atoms with Crippen LogP contribution in [0.15, 0.2) is 48.8 Å². The molecule has 8 rings (SSSR count). The Bertz CT molecular complexity index is 2350. The Hall–Kier alpha value is -5.32. The number of carbonyl (C=O) groups is 2. The molecule has 0 unspecified atom stereocenters. The van der Waals surface area contributed by atoms with Crippen LogP contribution in [0, 0.1) is 0 Å². The van der Waals surface area contributed by atoms with Gasteiger partial charge in [0.2, 0.25) is 17.7 Å². The van der Waals surface area contributed by atoms with E-state index in [0.717, 1.165) is 39.7 Å². The van der Waals surface area contributed by atoms with Gasteiger partial charge >= 0.3 is 6.18 Å². The van der Waals surface area contributed by atoms with Crippen molar-refractivity contribution < 1.29 is 27.5 Å². The maximum atomic E-state index is 14.5. The number of carbonyl (C=O) groups excluding carboxylic acids is 2. The van der Waals surface area contributed by atoms with Crippen LogP contribution in [0.2, 0.25) is 5.02 Å². The molecule has 0 bridgehead atoms. The van der Waals surface area contributed by atoms with Crippen LogP contribution in [-0.2, 0) is 42.3 Å². The number of methoxy groups -OCH3 is 1. The zero-order valence-electron chi connectivity index (χ0n) is 31.4. The molecule has 2 aliphatic heterocycles. The van der Waals surface area contributed by atoms with Gasteiger partial charge in [-0.2, -0.15) is 18.2 Å². The molecule has 3 atom stereocenters. The van der Waals surface area contributed by atoms with Crippen LogP contribution in [0.25, 0.3) is 33.5 Å². The molecule has 5 aromatic rings. The lowest BCUT2D eigenvalue weighted by atomic mass is 9.98. The van der Waals surface area contributed by atoms with Gasteiger partial charge in [0.1, 0.15) is 11.3 Å². The fraction of sp³-hybridized carbons (Fsp3) is 0.400. The molecule has 57 heavy (non-hydrogen) atoms. The number of aryl methyl sites for hydroxylation is 1. The first-order valence-electron chi connectivity index (χ1n) is 19.0. The highest BCUT2D eigenvalue weighted by Crippen LogP contribution is 2.44.